The molecule has 4 nitrogen and oxygen atoms in total. The van der Waals surface area contributed by atoms with Crippen molar-refractivity contribution in [2.45, 2.75) is 32.9 Å². The zero-order valence-corrected chi connectivity index (χ0v) is 10.1. The van der Waals surface area contributed by atoms with Gasteiger partial charge in [0.05, 0.1) is 13.2 Å². The number of hydrogen-bond donors (Lipinski definition) is 1. The Hall–Kier alpha value is -0.610. The van der Waals surface area contributed by atoms with Crippen LogP contribution in [0.3, 0.4) is 0 Å². The van der Waals surface area contributed by atoms with Crippen LogP contribution in [0.25, 0.3) is 0 Å². The molecule has 4 heteroatoms. The van der Waals surface area contributed by atoms with Crippen molar-refractivity contribution in [3.63, 3.8) is 0 Å². The minimum absolute atomic E-state index is 0.135. The number of morpholine rings is 1. The first-order chi connectivity index (χ1) is 7.04. The second-order valence-electron chi connectivity index (χ2n) is 4.52. The first kappa shape index (κ1) is 12.5. The number of nitrogens with one attached hydrogen (secondary N) is 1. The summed E-state index contributed by atoms with van der Waals surface area (Å²) < 4.78 is 5.28. The second-order valence-corrected chi connectivity index (χ2v) is 4.52. The maximum atomic E-state index is 12.0. The van der Waals surface area contributed by atoms with Gasteiger partial charge in [-0.2, -0.15) is 0 Å². The lowest BCUT2D eigenvalue weighted by Crippen LogP contribution is -2.54. The van der Waals surface area contributed by atoms with Crippen molar-refractivity contribution in [2.75, 3.05) is 26.8 Å². The number of ether oxygens (including phenoxy) is 1. The van der Waals surface area contributed by atoms with Crippen molar-refractivity contribution < 1.29 is 9.53 Å². The third-order valence-electron chi connectivity index (χ3n) is 3.14. The van der Waals surface area contributed by atoms with Crippen LogP contribution in [0.4, 0.5) is 0 Å². The van der Waals surface area contributed by atoms with Crippen molar-refractivity contribution in [2.24, 2.45) is 5.92 Å². The molecule has 0 aromatic heterocycles. The summed E-state index contributed by atoms with van der Waals surface area (Å²) in [6, 6.07) is 0.103. The highest BCUT2D eigenvalue weighted by Gasteiger charge is 2.27. The van der Waals surface area contributed by atoms with E-state index >= 15 is 0 Å². The van der Waals surface area contributed by atoms with Crippen LogP contribution in [0, 0.1) is 5.92 Å². The Morgan fingerprint density at radius 2 is 2.13 bits per heavy atom. The molecule has 1 fully saturated rings. The Bertz CT molecular complexity index is 213. The van der Waals surface area contributed by atoms with E-state index in [9.17, 15) is 4.79 Å². The molecule has 88 valence electrons. The summed E-state index contributed by atoms with van der Waals surface area (Å²) in [6.07, 6.45) is 0. The monoisotopic (exact) mass is 214 g/mol. The summed E-state index contributed by atoms with van der Waals surface area (Å²) in [5.74, 6) is 0.611. The van der Waals surface area contributed by atoms with Gasteiger partial charge in [-0.05, 0) is 12.8 Å². The molecule has 1 aliphatic heterocycles. The van der Waals surface area contributed by atoms with Gasteiger partial charge in [-0.3, -0.25) is 4.79 Å². The fraction of sp³-hybridized carbons (Fsp3) is 0.909. The largest absolute Gasteiger partial charge is 0.378 e. The highest BCUT2D eigenvalue weighted by Crippen LogP contribution is 2.10. The van der Waals surface area contributed by atoms with E-state index in [0.717, 1.165) is 6.54 Å². The van der Waals surface area contributed by atoms with Crippen molar-refractivity contribution >= 4 is 5.91 Å². The van der Waals surface area contributed by atoms with Gasteiger partial charge in [0.25, 0.3) is 0 Å². The molecule has 0 aromatic rings. The van der Waals surface area contributed by atoms with Crippen LogP contribution < -0.4 is 5.32 Å². The molecule has 1 amide bonds. The van der Waals surface area contributed by atoms with E-state index in [-0.39, 0.29) is 18.0 Å². The second kappa shape index (κ2) is 5.47. The molecule has 1 rings (SSSR count). The van der Waals surface area contributed by atoms with Crippen molar-refractivity contribution in [3.8, 4) is 0 Å². The molecule has 1 aliphatic rings. The lowest BCUT2D eigenvalue weighted by atomic mass is 10.0. The third kappa shape index (κ3) is 3.18. The summed E-state index contributed by atoms with van der Waals surface area (Å²) in [4.78, 5) is 13.8. The maximum Gasteiger partial charge on any atom is 0.242 e. The van der Waals surface area contributed by atoms with Gasteiger partial charge in [0.15, 0.2) is 0 Å². The van der Waals surface area contributed by atoms with Crippen LogP contribution in [0.1, 0.15) is 20.8 Å². The van der Waals surface area contributed by atoms with Crippen LogP contribution in [0.5, 0.6) is 0 Å². The third-order valence-corrected chi connectivity index (χ3v) is 3.14. The molecule has 0 radical (unpaired) electrons. The number of rotatable bonds is 3. The molecule has 2 atom stereocenters. The van der Waals surface area contributed by atoms with Gasteiger partial charge in [-0.1, -0.05) is 13.8 Å². The summed E-state index contributed by atoms with van der Waals surface area (Å²) in [5, 5.41) is 3.18. The van der Waals surface area contributed by atoms with Crippen LogP contribution in [-0.2, 0) is 9.53 Å². The van der Waals surface area contributed by atoms with Crippen molar-refractivity contribution in [1.29, 1.82) is 0 Å². The number of carbonyl (C=O) groups excluding carboxylic acids is 1. The Balaban J connectivity index is 2.50. The number of carbonyl (C=O) groups is 1. The Labute approximate surface area is 92.0 Å². The SMILES string of the molecule is CC(C)C(C)N(C)C(=O)C1COCCN1. The minimum atomic E-state index is -0.162. The summed E-state index contributed by atoms with van der Waals surface area (Å²) in [5.41, 5.74) is 0. The average molecular weight is 214 g/mol. The van der Waals surface area contributed by atoms with Gasteiger partial charge in [-0.25, -0.2) is 0 Å². The summed E-state index contributed by atoms with van der Waals surface area (Å²) in [7, 11) is 1.86. The van der Waals surface area contributed by atoms with E-state index in [2.05, 4.69) is 26.1 Å². The Morgan fingerprint density at radius 1 is 1.47 bits per heavy atom. The quantitative estimate of drug-likeness (QED) is 0.743. The zero-order valence-electron chi connectivity index (χ0n) is 10.1. The Kier molecular flexibility index (Phi) is 4.54. The van der Waals surface area contributed by atoms with Crippen LogP contribution in [-0.4, -0.2) is 49.7 Å². The molecule has 1 N–H and O–H groups in total. The Morgan fingerprint density at radius 3 is 2.60 bits per heavy atom. The number of nitrogens with zero attached hydrogens (tertiary/aromatic N) is 1. The predicted octanol–water partition coefficient (Wildman–Crippen LogP) is 0.478. The first-order valence-corrected chi connectivity index (χ1v) is 5.62. The topological polar surface area (TPSA) is 41.6 Å². The molecule has 0 spiro atoms. The molecular weight excluding hydrogens is 192 g/mol. The maximum absolute atomic E-state index is 12.0. The standard InChI is InChI=1S/C11H22N2O2/c1-8(2)9(3)13(4)11(14)10-7-15-6-5-12-10/h8-10,12H,5-7H2,1-4H3. The lowest BCUT2D eigenvalue weighted by Gasteiger charge is -2.33. The number of hydrogen-bond acceptors (Lipinski definition) is 3. The van der Waals surface area contributed by atoms with E-state index < -0.39 is 0 Å². The van der Waals surface area contributed by atoms with Gasteiger partial charge < -0.3 is 15.0 Å². The molecule has 0 aliphatic carbocycles. The minimum Gasteiger partial charge on any atom is -0.378 e. The molecule has 15 heavy (non-hydrogen) atoms. The lowest BCUT2D eigenvalue weighted by molar-refractivity contribution is -0.137. The van der Waals surface area contributed by atoms with Crippen molar-refractivity contribution in [1.82, 2.24) is 10.2 Å². The van der Waals surface area contributed by atoms with Gasteiger partial charge >= 0.3 is 0 Å². The number of amides is 1. The molecule has 0 bridgehead atoms. The summed E-state index contributed by atoms with van der Waals surface area (Å²) in [6.45, 7) is 8.28. The zero-order chi connectivity index (χ0) is 11.4. The highest BCUT2D eigenvalue weighted by molar-refractivity contribution is 5.82. The molecule has 1 saturated heterocycles. The smallest absolute Gasteiger partial charge is 0.242 e. The fourth-order valence-electron chi connectivity index (χ4n) is 1.62. The molecule has 0 aromatic carbocycles. The normalized spacial score (nSPS) is 23.9. The van der Waals surface area contributed by atoms with Crippen molar-refractivity contribution in [3.05, 3.63) is 0 Å². The average Bonchev–Trinajstić information content (AvgIpc) is 2.27. The molecule has 2 unspecified atom stereocenters. The van der Waals surface area contributed by atoms with E-state index in [4.69, 9.17) is 4.74 Å². The van der Waals surface area contributed by atoms with Crippen LogP contribution in [0.2, 0.25) is 0 Å². The molecule has 0 saturated carbocycles. The summed E-state index contributed by atoms with van der Waals surface area (Å²) >= 11 is 0. The van der Waals surface area contributed by atoms with E-state index in [1.807, 2.05) is 11.9 Å². The predicted molar refractivity (Wildman–Crippen MR) is 59.7 cm³/mol. The van der Waals surface area contributed by atoms with E-state index in [1.54, 1.807) is 0 Å². The van der Waals surface area contributed by atoms with Gasteiger partial charge in [0.1, 0.15) is 6.04 Å². The highest BCUT2D eigenvalue weighted by atomic mass is 16.5. The molecular formula is C11H22N2O2. The van der Waals surface area contributed by atoms with Gasteiger partial charge in [-0.15, -0.1) is 0 Å². The van der Waals surface area contributed by atoms with E-state index in [1.165, 1.54) is 0 Å². The number of likely N-dealkylation sites (N-methyl/N-ethyl adjacent to an activating group) is 1. The van der Waals surface area contributed by atoms with Crippen LogP contribution >= 0.6 is 0 Å². The molecule has 1 heterocycles. The first-order valence-electron chi connectivity index (χ1n) is 5.62. The van der Waals surface area contributed by atoms with E-state index in [0.29, 0.717) is 19.1 Å². The van der Waals surface area contributed by atoms with Gasteiger partial charge in [0, 0.05) is 19.6 Å². The fourth-order valence-corrected chi connectivity index (χ4v) is 1.62. The van der Waals surface area contributed by atoms with Crippen LogP contribution in [0.15, 0.2) is 0 Å². The van der Waals surface area contributed by atoms with Gasteiger partial charge in [0.2, 0.25) is 5.91 Å².